The van der Waals surface area contributed by atoms with Gasteiger partial charge in [-0.2, -0.15) is 0 Å². The summed E-state index contributed by atoms with van der Waals surface area (Å²) in [5, 5.41) is 10.3. The van der Waals surface area contributed by atoms with Gasteiger partial charge in [0.05, 0.1) is 24.6 Å². The molecule has 8 heteroatoms. The van der Waals surface area contributed by atoms with Crippen LogP contribution in [-0.2, 0) is 0 Å². The predicted octanol–water partition coefficient (Wildman–Crippen LogP) is 5.33. The Bertz CT molecular complexity index is 873. The molecule has 30 heavy (non-hydrogen) atoms. The monoisotopic (exact) mass is 449 g/mol. The van der Waals surface area contributed by atoms with Crippen molar-refractivity contribution in [2.75, 3.05) is 30.4 Å². The molecule has 3 N–H and O–H groups in total. The fraction of sp³-hybridized carbons (Fsp3) is 0.364. The number of halogens is 1. The van der Waals surface area contributed by atoms with Gasteiger partial charge < -0.3 is 25.4 Å². The van der Waals surface area contributed by atoms with Crippen LogP contribution in [-0.4, -0.2) is 30.8 Å². The number of rotatable bonds is 9. The highest BCUT2D eigenvalue weighted by atomic mass is 35.5. The lowest BCUT2D eigenvalue weighted by Crippen LogP contribution is -2.31. The van der Waals surface area contributed by atoms with Gasteiger partial charge in [0, 0.05) is 29.3 Å². The van der Waals surface area contributed by atoms with Crippen LogP contribution >= 0.6 is 23.8 Å². The maximum atomic E-state index is 12.7. The standard InChI is InChI=1S/C22H28ClN3O3S/c1-5-28-19-12-18(26-22(30)24-13-14(3)4)20(29-6-2)11-17(19)25-21(27)15-7-9-16(23)10-8-15/h7-12,14H,5-6,13H2,1-4H3,(H,25,27)(H2,24,26,30). The lowest BCUT2D eigenvalue weighted by atomic mass is 10.2. The SMILES string of the molecule is CCOc1cc(NC(=S)NCC(C)C)c(OCC)cc1NC(=O)c1ccc(Cl)cc1. The third-order valence-corrected chi connectivity index (χ3v) is 4.45. The van der Waals surface area contributed by atoms with E-state index in [4.69, 9.17) is 33.3 Å². The molecule has 0 bridgehead atoms. The van der Waals surface area contributed by atoms with Gasteiger partial charge in [-0.1, -0.05) is 25.4 Å². The minimum atomic E-state index is -0.273. The van der Waals surface area contributed by atoms with Gasteiger partial charge in [0.25, 0.3) is 5.91 Å². The molecule has 2 rings (SSSR count). The Labute approximate surface area is 188 Å². The molecule has 162 valence electrons. The molecule has 0 heterocycles. The van der Waals surface area contributed by atoms with E-state index in [0.29, 0.717) is 57.7 Å². The van der Waals surface area contributed by atoms with Crippen molar-refractivity contribution in [2.45, 2.75) is 27.7 Å². The van der Waals surface area contributed by atoms with Crippen molar-refractivity contribution in [3.05, 3.63) is 47.0 Å². The van der Waals surface area contributed by atoms with Gasteiger partial charge in [-0.25, -0.2) is 0 Å². The van der Waals surface area contributed by atoms with E-state index in [0.717, 1.165) is 6.54 Å². The Kier molecular flexibility index (Phi) is 9.20. The van der Waals surface area contributed by atoms with Crippen LogP contribution < -0.4 is 25.4 Å². The van der Waals surface area contributed by atoms with Gasteiger partial charge >= 0.3 is 0 Å². The molecule has 0 fully saturated rings. The van der Waals surface area contributed by atoms with Crippen LogP contribution in [0, 0.1) is 5.92 Å². The second-order valence-corrected chi connectivity index (χ2v) is 7.75. The first-order valence-electron chi connectivity index (χ1n) is 9.89. The van der Waals surface area contributed by atoms with E-state index in [1.165, 1.54) is 0 Å². The molecule has 0 saturated carbocycles. The van der Waals surface area contributed by atoms with Crippen molar-refractivity contribution in [3.8, 4) is 11.5 Å². The van der Waals surface area contributed by atoms with E-state index in [-0.39, 0.29) is 5.91 Å². The van der Waals surface area contributed by atoms with Crippen molar-refractivity contribution in [3.63, 3.8) is 0 Å². The molecule has 0 atom stereocenters. The number of anilines is 2. The summed E-state index contributed by atoms with van der Waals surface area (Å²) in [4.78, 5) is 12.7. The van der Waals surface area contributed by atoms with Gasteiger partial charge in [-0.15, -0.1) is 0 Å². The third kappa shape index (κ3) is 7.07. The Morgan fingerprint density at radius 1 is 1.00 bits per heavy atom. The number of ether oxygens (including phenoxy) is 2. The molecule has 0 aromatic heterocycles. The van der Waals surface area contributed by atoms with E-state index in [9.17, 15) is 4.79 Å². The minimum Gasteiger partial charge on any atom is -0.492 e. The number of benzene rings is 2. The van der Waals surface area contributed by atoms with E-state index >= 15 is 0 Å². The zero-order valence-electron chi connectivity index (χ0n) is 17.7. The maximum absolute atomic E-state index is 12.7. The number of carbonyl (C=O) groups excluding carboxylic acids is 1. The van der Waals surface area contributed by atoms with Crippen molar-refractivity contribution in [1.82, 2.24) is 5.32 Å². The van der Waals surface area contributed by atoms with Gasteiger partial charge in [-0.3, -0.25) is 4.79 Å². The first kappa shape index (κ1) is 23.8. The summed E-state index contributed by atoms with van der Waals surface area (Å²) in [6.07, 6.45) is 0. The largest absolute Gasteiger partial charge is 0.492 e. The predicted molar refractivity (Wildman–Crippen MR) is 127 cm³/mol. The van der Waals surface area contributed by atoms with Gasteiger partial charge in [0.15, 0.2) is 5.11 Å². The van der Waals surface area contributed by atoms with Gasteiger partial charge in [0.2, 0.25) is 0 Å². The first-order chi connectivity index (χ1) is 14.3. The first-order valence-corrected chi connectivity index (χ1v) is 10.7. The Balaban J connectivity index is 2.30. The number of thiocarbonyl (C=S) groups is 1. The summed E-state index contributed by atoms with van der Waals surface area (Å²) >= 11 is 11.3. The number of hydrogen-bond donors (Lipinski definition) is 3. The highest BCUT2D eigenvalue weighted by Crippen LogP contribution is 2.37. The second-order valence-electron chi connectivity index (χ2n) is 6.90. The molecule has 2 aromatic carbocycles. The summed E-state index contributed by atoms with van der Waals surface area (Å²) in [5.41, 5.74) is 1.65. The molecular formula is C22H28ClN3O3S. The zero-order chi connectivity index (χ0) is 22.1. The Morgan fingerprint density at radius 3 is 2.03 bits per heavy atom. The van der Waals surface area contributed by atoms with Crippen molar-refractivity contribution >= 4 is 46.2 Å². The van der Waals surface area contributed by atoms with Crippen molar-refractivity contribution in [2.24, 2.45) is 5.92 Å². The van der Waals surface area contributed by atoms with Crippen LogP contribution in [0.1, 0.15) is 38.1 Å². The van der Waals surface area contributed by atoms with Crippen molar-refractivity contribution < 1.29 is 14.3 Å². The third-order valence-electron chi connectivity index (χ3n) is 3.96. The van der Waals surface area contributed by atoms with E-state index in [1.807, 2.05) is 13.8 Å². The molecule has 0 unspecified atom stereocenters. The molecule has 1 amide bonds. The summed E-state index contributed by atoms with van der Waals surface area (Å²) in [6, 6.07) is 10.2. The molecular weight excluding hydrogens is 422 g/mol. The second kappa shape index (κ2) is 11.6. The van der Waals surface area contributed by atoms with E-state index in [2.05, 4.69) is 29.8 Å². The summed E-state index contributed by atoms with van der Waals surface area (Å²) in [5.74, 6) is 1.25. The average molecular weight is 450 g/mol. The topological polar surface area (TPSA) is 71.6 Å². The molecule has 0 aliphatic rings. The maximum Gasteiger partial charge on any atom is 0.255 e. The Morgan fingerprint density at radius 2 is 1.53 bits per heavy atom. The lowest BCUT2D eigenvalue weighted by Gasteiger charge is -2.19. The van der Waals surface area contributed by atoms with Crippen LogP contribution in [0.3, 0.4) is 0 Å². The quantitative estimate of drug-likeness (QED) is 0.449. The fourth-order valence-corrected chi connectivity index (χ4v) is 2.88. The average Bonchev–Trinajstić information content (AvgIpc) is 2.70. The number of hydrogen-bond acceptors (Lipinski definition) is 4. The molecule has 0 saturated heterocycles. The van der Waals surface area contributed by atoms with Crippen LogP contribution in [0.2, 0.25) is 5.02 Å². The minimum absolute atomic E-state index is 0.273. The van der Waals surface area contributed by atoms with Gasteiger partial charge in [0.1, 0.15) is 11.5 Å². The molecule has 0 radical (unpaired) electrons. The van der Waals surface area contributed by atoms with Crippen LogP contribution in [0.25, 0.3) is 0 Å². The Hall–Kier alpha value is -2.51. The zero-order valence-corrected chi connectivity index (χ0v) is 19.2. The van der Waals surface area contributed by atoms with E-state index in [1.54, 1.807) is 36.4 Å². The molecule has 6 nitrogen and oxygen atoms in total. The fourth-order valence-electron chi connectivity index (χ4n) is 2.56. The number of amides is 1. The lowest BCUT2D eigenvalue weighted by molar-refractivity contribution is 0.102. The summed E-state index contributed by atoms with van der Waals surface area (Å²) in [7, 11) is 0. The molecule has 0 spiro atoms. The van der Waals surface area contributed by atoms with Crippen LogP contribution in [0.5, 0.6) is 11.5 Å². The summed E-state index contributed by atoms with van der Waals surface area (Å²) < 4.78 is 11.5. The van der Waals surface area contributed by atoms with Crippen LogP contribution in [0.4, 0.5) is 11.4 Å². The highest BCUT2D eigenvalue weighted by Gasteiger charge is 2.16. The van der Waals surface area contributed by atoms with E-state index < -0.39 is 0 Å². The van der Waals surface area contributed by atoms with Crippen LogP contribution in [0.15, 0.2) is 36.4 Å². The number of nitrogens with one attached hydrogen (secondary N) is 3. The summed E-state index contributed by atoms with van der Waals surface area (Å²) in [6.45, 7) is 9.62. The molecule has 0 aliphatic carbocycles. The smallest absolute Gasteiger partial charge is 0.255 e. The van der Waals surface area contributed by atoms with Crippen molar-refractivity contribution in [1.29, 1.82) is 0 Å². The molecule has 2 aromatic rings. The molecule has 0 aliphatic heterocycles. The number of carbonyl (C=O) groups is 1. The highest BCUT2D eigenvalue weighted by molar-refractivity contribution is 7.80. The van der Waals surface area contributed by atoms with Gasteiger partial charge in [-0.05, 0) is 56.2 Å². The normalized spacial score (nSPS) is 10.5.